The summed E-state index contributed by atoms with van der Waals surface area (Å²) in [7, 11) is 0. The van der Waals surface area contributed by atoms with Crippen LogP contribution >= 0.6 is 11.6 Å². The summed E-state index contributed by atoms with van der Waals surface area (Å²) >= 11 is 5.77. The number of allylic oxidation sites excluding steroid dienone is 2. The zero-order valence-electron chi connectivity index (χ0n) is 14.8. The van der Waals surface area contributed by atoms with Crippen LogP contribution in [0.5, 0.6) is 0 Å². The van der Waals surface area contributed by atoms with Crippen LogP contribution in [0.25, 0.3) is 11.1 Å². The second-order valence-corrected chi connectivity index (χ2v) is 7.49. The number of unbranched alkanes of at least 4 members (excludes halogenated alkanes) is 1. The fourth-order valence-electron chi connectivity index (χ4n) is 3.72. The zero-order chi connectivity index (χ0) is 17.6. The Morgan fingerprint density at radius 2 is 1.68 bits per heavy atom. The van der Waals surface area contributed by atoms with Gasteiger partial charge in [-0.1, -0.05) is 67.4 Å². The molecule has 0 N–H and O–H groups in total. The summed E-state index contributed by atoms with van der Waals surface area (Å²) in [5.74, 6) is 1.06. The Labute approximate surface area is 155 Å². The van der Waals surface area contributed by atoms with Gasteiger partial charge in [-0.25, -0.2) is 4.39 Å². The van der Waals surface area contributed by atoms with Gasteiger partial charge in [-0.15, -0.1) is 0 Å². The molecule has 2 aromatic carbocycles. The smallest absolute Gasteiger partial charge is 0.142 e. The lowest BCUT2D eigenvalue weighted by atomic mass is 9.78. The molecule has 0 atom stereocenters. The molecule has 0 aliphatic heterocycles. The van der Waals surface area contributed by atoms with Crippen molar-refractivity contribution in [2.45, 2.75) is 51.4 Å². The molecule has 25 heavy (non-hydrogen) atoms. The van der Waals surface area contributed by atoms with E-state index in [-0.39, 0.29) is 10.8 Å². The highest BCUT2D eigenvalue weighted by molar-refractivity contribution is 6.30. The normalized spacial score (nSPS) is 20.9. The maximum atomic E-state index is 13.6. The summed E-state index contributed by atoms with van der Waals surface area (Å²) in [6, 6.07) is 13.6. The van der Waals surface area contributed by atoms with Crippen molar-refractivity contribution >= 4 is 11.6 Å². The average molecular weight is 357 g/mol. The van der Waals surface area contributed by atoms with Gasteiger partial charge in [0.15, 0.2) is 0 Å². The van der Waals surface area contributed by atoms with Crippen LogP contribution in [-0.4, -0.2) is 0 Å². The number of hydrogen-bond donors (Lipinski definition) is 0. The monoisotopic (exact) mass is 356 g/mol. The van der Waals surface area contributed by atoms with E-state index < -0.39 is 0 Å². The second kappa shape index (κ2) is 8.67. The number of benzene rings is 2. The van der Waals surface area contributed by atoms with Crippen molar-refractivity contribution in [1.29, 1.82) is 0 Å². The highest BCUT2D eigenvalue weighted by atomic mass is 35.5. The molecule has 0 aromatic heterocycles. The van der Waals surface area contributed by atoms with Crippen LogP contribution in [0, 0.1) is 11.7 Å². The van der Waals surface area contributed by atoms with Gasteiger partial charge in [0.05, 0.1) is 5.02 Å². The lowest BCUT2D eigenvalue weighted by Crippen LogP contribution is -2.11. The number of halogens is 2. The van der Waals surface area contributed by atoms with E-state index in [9.17, 15) is 4.39 Å². The third kappa shape index (κ3) is 4.73. The van der Waals surface area contributed by atoms with Crippen LogP contribution in [0.15, 0.2) is 54.6 Å². The van der Waals surface area contributed by atoms with Gasteiger partial charge in [-0.05, 0) is 72.8 Å². The first-order valence-electron chi connectivity index (χ1n) is 9.39. The minimum absolute atomic E-state index is 0.171. The molecule has 1 fully saturated rings. The van der Waals surface area contributed by atoms with Crippen molar-refractivity contribution in [3.63, 3.8) is 0 Å². The van der Waals surface area contributed by atoms with Gasteiger partial charge < -0.3 is 0 Å². The standard InChI is InChI=1S/C23H26ClF/c1-2-3-4-5-17-6-8-18(9-7-17)19-10-12-20(13-11-19)21-14-15-22(24)23(25)16-21/h4-5,10-18H,2-3,6-9H2,1H3/b5-4+/t17-,18-. The van der Waals surface area contributed by atoms with Crippen LogP contribution in [0.2, 0.25) is 5.02 Å². The minimum atomic E-state index is -0.363. The largest absolute Gasteiger partial charge is 0.205 e. The van der Waals surface area contributed by atoms with Crippen molar-refractivity contribution in [1.82, 2.24) is 0 Å². The van der Waals surface area contributed by atoms with Gasteiger partial charge in [0, 0.05) is 0 Å². The van der Waals surface area contributed by atoms with Gasteiger partial charge in [-0.2, -0.15) is 0 Å². The summed E-state index contributed by atoms with van der Waals surface area (Å²) in [4.78, 5) is 0. The van der Waals surface area contributed by atoms with Crippen LogP contribution in [-0.2, 0) is 0 Å². The lowest BCUT2D eigenvalue weighted by Gasteiger charge is -2.27. The van der Waals surface area contributed by atoms with E-state index in [1.807, 2.05) is 6.07 Å². The maximum absolute atomic E-state index is 13.6. The van der Waals surface area contributed by atoms with Crippen LogP contribution in [0.4, 0.5) is 4.39 Å². The molecule has 0 spiro atoms. The molecule has 1 saturated carbocycles. The Morgan fingerprint density at radius 3 is 2.32 bits per heavy atom. The van der Waals surface area contributed by atoms with Crippen LogP contribution in [0.3, 0.4) is 0 Å². The Balaban J connectivity index is 1.62. The quantitative estimate of drug-likeness (QED) is 0.480. The zero-order valence-corrected chi connectivity index (χ0v) is 15.6. The Morgan fingerprint density at radius 1 is 1.00 bits per heavy atom. The van der Waals surface area contributed by atoms with E-state index >= 15 is 0 Å². The van der Waals surface area contributed by atoms with Crippen LogP contribution in [0.1, 0.15) is 56.9 Å². The van der Waals surface area contributed by atoms with E-state index in [2.05, 4.69) is 43.3 Å². The van der Waals surface area contributed by atoms with E-state index in [0.29, 0.717) is 5.92 Å². The molecule has 1 aliphatic rings. The maximum Gasteiger partial charge on any atom is 0.142 e. The van der Waals surface area contributed by atoms with Crippen molar-refractivity contribution in [3.05, 3.63) is 71.0 Å². The Bertz CT molecular complexity index is 709. The Kier molecular flexibility index (Phi) is 6.31. The Hall–Kier alpha value is -1.60. The molecule has 0 bridgehead atoms. The molecular weight excluding hydrogens is 331 g/mol. The van der Waals surface area contributed by atoms with E-state index in [1.54, 1.807) is 6.07 Å². The van der Waals surface area contributed by atoms with Crippen molar-refractivity contribution in [2.75, 3.05) is 0 Å². The topological polar surface area (TPSA) is 0 Å². The second-order valence-electron chi connectivity index (χ2n) is 7.08. The van der Waals surface area contributed by atoms with Gasteiger partial charge in [-0.3, -0.25) is 0 Å². The van der Waals surface area contributed by atoms with Crippen molar-refractivity contribution < 1.29 is 4.39 Å². The van der Waals surface area contributed by atoms with E-state index in [4.69, 9.17) is 11.6 Å². The summed E-state index contributed by atoms with van der Waals surface area (Å²) in [6.07, 6.45) is 12.3. The summed E-state index contributed by atoms with van der Waals surface area (Å²) in [5, 5.41) is 0.171. The fourth-order valence-corrected chi connectivity index (χ4v) is 3.84. The minimum Gasteiger partial charge on any atom is -0.205 e. The first kappa shape index (κ1) is 18.2. The average Bonchev–Trinajstić information content (AvgIpc) is 2.65. The van der Waals surface area contributed by atoms with Gasteiger partial charge >= 0.3 is 0 Å². The molecular formula is C23H26ClF. The molecule has 3 rings (SSSR count). The molecule has 1 aliphatic carbocycles. The van der Waals surface area contributed by atoms with E-state index in [0.717, 1.165) is 17.0 Å². The predicted octanol–water partition coefficient (Wildman–Crippen LogP) is 7.78. The van der Waals surface area contributed by atoms with Gasteiger partial charge in [0.2, 0.25) is 0 Å². The molecule has 0 saturated heterocycles. The van der Waals surface area contributed by atoms with Crippen LogP contribution < -0.4 is 0 Å². The third-order valence-corrected chi connectivity index (χ3v) is 5.58. The molecule has 132 valence electrons. The summed E-state index contributed by atoms with van der Waals surface area (Å²) in [6.45, 7) is 2.23. The molecule has 0 nitrogen and oxygen atoms in total. The summed E-state index contributed by atoms with van der Waals surface area (Å²) < 4.78 is 13.6. The fraction of sp³-hybridized carbons (Fsp3) is 0.391. The highest BCUT2D eigenvalue weighted by Crippen LogP contribution is 2.37. The lowest BCUT2D eigenvalue weighted by molar-refractivity contribution is 0.375. The first-order chi connectivity index (χ1) is 12.2. The molecule has 2 aromatic rings. The molecule has 0 amide bonds. The number of rotatable bonds is 5. The SMILES string of the molecule is CCC/C=C/[C@H]1CC[C@H](c2ccc(-c3ccc(Cl)c(F)c3)cc2)CC1. The molecule has 2 heteroatoms. The van der Waals surface area contributed by atoms with Gasteiger partial charge in [0.1, 0.15) is 5.82 Å². The van der Waals surface area contributed by atoms with Crippen molar-refractivity contribution in [2.24, 2.45) is 5.92 Å². The van der Waals surface area contributed by atoms with E-state index in [1.165, 1.54) is 50.2 Å². The third-order valence-electron chi connectivity index (χ3n) is 5.27. The highest BCUT2D eigenvalue weighted by Gasteiger charge is 2.20. The van der Waals surface area contributed by atoms with Gasteiger partial charge in [0.25, 0.3) is 0 Å². The first-order valence-corrected chi connectivity index (χ1v) is 9.77. The summed E-state index contributed by atoms with van der Waals surface area (Å²) in [5.41, 5.74) is 3.32. The molecule has 0 radical (unpaired) electrons. The predicted molar refractivity (Wildman–Crippen MR) is 106 cm³/mol. The molecule has 0 heterocycles. The van der Waals surface area contributed by atoms with Crippen molar-refractivity contribution in [3.8, 4) is 11.1 Å². The molecule has 0 unspecified atom stereocenters. The number of hydrogen-bond acceptors (Lipinski definition) is 0.